The van der Waals surface area contributed by atoms with Crippen LogP contribution in [-0.2, 0) is 16.4 Å². The molecule has 1 amide bonds. The molecule has 2 rings (SSSR count). The van der Waals surface area contributed by atoms with Gasteiger partial charge in [-0.15, -0.1) is 0 Å². The van der Waals surface area contributed by atoms with E-state index in [9.17, 15) is 13.2 Å². The van der Waals surface area contributed by atoms with Crippen LogP contribution in [0, 0.1) is 0 Å². The van der Waals surface area contributed by atoms with Gasteiger partial charge in [0, 0.05) is 12.7 Å². The topological polar surface area (TPSA) is 102 Å². The van der Waals surface area contributed by atoms with E-state index in [1.807, 2.05) is 0 Å². The molecule has 0 unspecified atom stereocenters. The number of hydrogen-bond acceptors (Lipinski definition) is 4. The van der Waals surface area contributed by atoms with E-state index in [1.54, 1.807) is 36.5 Å². The number of benzene rings is 1. The highest BCUT2D eigenvalue weighted by molar-refractivity contribution is 7.89. The van der Waals surface area contributed by atoms with Crippen molar-refractivity contribution < 1.29 is 13.2 Å². The molecular weight excluding hydrogens is 290 g/mol. The fourth-order valence-corrected chi connectivity index (χ4v) is 2.27. The van der Waals surface area contributed by atoms with Crippen LogP contribution in [0.1, 0.15) is 16.1 Å². The summed E-state index contributed by atoms with van der Waals surface area (Å²) in [6, 6.07) is 11.4. The van der Waals surface area contributed by atoms with Gasteiger partial charge in [0.15, 0.2) is 0 Å². The third kappa shape index (κ3) is 4.37. The summed E-state index contributed by atoms with van der Waals surface area (Å²) in [6.07, 6.45) is 2.14. The van der Waals surface area contributed by atoms with Crippen molar-refractivity contribution in [3.05, 3.63) is 59.9 Å². The Kier molecular flexibility index (Phi) is 4.66. The van der Waals surface area contributed by atoms with Crippen LogP contribution < -0.4 is 10.5 Å². The average molecular weight is 305 g/mol. The third-order valence-electron chi connectivity index (χ3n) is 2.85. The quantitative estimate of drug-likeness (QED) is 0.849. The number of sulfonamides is 1. The first-order valence-corrected chi connectivity index (χ1v) is 7.82. The first-order valence-electron chi connectivity index (χ1n) is 6.28. The van der Waals surface area contributed by atoms with Gasteiger partial charge < -0.3 is 5.32 Å². The molecule has 0 aliphatic carbocycles. The summed E-state index contributed by atoms with van der Waals surface area (Å²) >= 11 is 0. The molecule has 110 valence electrons. The lowest BCUT2D eigenvalue weighted by atomic mass is 10.1. The van der Waals surface area contributed by atoms with Crippen LogP contribution in [0.5, 0.6) is 0 Å². The number of rotatable bonds is 5. The molecular formula is C14H15N3O3S. The van der Waals surface area contributed by atoms with Gasteiger partial charge in [0.05, 0.1) is 4.90 Å². The van der Waals surface area contributed by atoms with E-state index in [0.29, 0.717) is 18.7 Å². The first kappa shape index (κ1) is 15.1. The number of carbonyl (C=O) groups excluding carboxylic acids is 1. The SMILES string of the molecule is NS(=O)(=O)c1ccc(CCNC(=O)c2ccccn2)cc1. The summed E-state index contributed by atoms with van der Waals surface area (Å²) in [4.78, 5) is 15.8. The number of primary sulfonamides is 1. The molecule has 0 fully saturated rings. The zero-order chi connectivity index (χ0) is 15.3. The molecule has 3 N–H and O–H groups in total. The molecule has 0 atom stereocenters. The second kappa shape index (κ2) is 6.47. The van der Waals surface area contributed by atoms with Gasteiger partial charge in [-0.3, -0.25) is 9.78 Å². The maximum Gasteiger partial charge on any atom is 0.269 e. The highest BCUT2D eigenvalue weighted by Gasteiger charge is 2.07. The van der Waals surface area contributed by atoms with E-state index in [2.05, 4.69) is 10.3 Å². The maximum atomic E-state index is 11.8. The Hall–Kier alpha value is -2.25. The standard InChI is InChI=1S/C14H15N3O3S/c15-21(19,20)12-6-4-11(5-7-12)8-10-17-14(18)13-3-1-2-9-16-13/h1-7,9H,8,10H2,(H,17,18)(H2,15,19,20). The second-order valence-corrected chi connectivity index (χ2v) is 5.97. The monoisotopic (exact) mass is 305 g/mol. The second-order valence-electron chi connectivity index (χ2n) is 4.41. The van der Waals surface area contributed by atoms with Gasteiger partial charge in [0.2, 0.25) is 10.0 Å². The number of nitrogens with one attached hydrogen (secondary N) is 1. The predicted molar refractivity (Wildman–Crippen MR) is 78.1 cm³/mol. The van der Waals surface area contributed by atoms with E-state index in [-0.39, 0.29) is 10.8 Å². The van der Waals surface area contributed by atoms with Crippen molar-refractivity contribution in [3.63, 3.8) is 0 Å². The number of amides is 1. The van der Waals surface area contributed by atoms with Crippen molar-refractivity contribution in [1.82, 2.24) is 10.3 Å². The molecule has 0 saturated carbocycles. The first-order chi connectivity index (χ1) is 9.97. The average Bonchev–Trinajstić information content (AvgIpc) is 2.47. The minimum atomic E-state index is -3.67. The Morgan fingerprint density at radius 2 is 1.86 bits per heavy atom. The number of pyridine rings is 1. The predicted octanol–water partition coefficient (Wildman–Crippen LogP) is 0.701. The van der Waals surface area contributed by atoms with Crippen LogP contribution in [0.25, 0.3) is 0 Å². The lowest BCUT2D eigenvalue weighted by Crippen LogP contribution is -2.26. The fraction of sp³-hybridized carbons (Fsp3) is 0.143. The summed E-state index contributed by atoms with van der Waals surface area (Å²) in [5, 5.41) is 7.77. The van der Waals surface area contributed by atoms with Crippen LogP contribution in [0.4, 0.5) is 0 Å². The van der Waals surface area contributed by atoms with E-state index in [4.69, 9.17) is 5.14 Å². The molecule has 1 heterocycles. The number of carbonyl (C=O) groups is 1. The van der Waals surface area contributed by atoms with Gasteiger partial charge in [-0.05, 0) is 36.2 Å². The van der Waals surface area contributed by atoms with Crippen LogP contribution in [-0.4, -0.2) is 25.9 Å². The molecule has 0 saturated heterocycles. The van der Waals surface area contributed by atoms with Gasteiger partial charge in [0.1, 0.15) is 5.69 Å². The molecule has 0 aliphatic heterocycles. The largest absolute Gasteiger partial charge is 0.350 e. The Balaban J connectivity index is 1.88. The van der Waals surface area contributed by atoms with Crippen molar-refractivity contribution in [2.24, 2.45) is 5.14 Å². The van der Waals surface area contributed by atoms with E-state index in [1.165, 1.54) is 12.1 Å². The summed E-state index contributed by atoms with van der Waals surface area (Å²) < 4.78 is 22.2. The molecule has 7 heteroatoms. The Labute approximate surface area is 123 Å². The molecule has 6 nitrogen and oxygen atoms in total. The van der Waals surface area contributed by atoms with Gasteiger partial charge in [-0.25, -0.2) is 13.6 Å². The van der Waals surface area contributed by atoms with Crippen molar-refractivity contribution in [1.29, 1.82) is 0 Å². The van der Waals surface area contributed by atoms with Gasteiger partial charge in [-0.2, -0.15) is 0 Å². The number of aromatic nitrogens is 1. The Bertz CT molecular complexity index is 713. The minimum absolute atomic E-state index is 0.0729. The van der Waals surface area contributed by atoms with Crippen molar-refractivity contribution in [2.75, 3.05) is 6.54 Å². The maximum absolute atomic E-state index is 11.8. The lowest BCUT2D eigenvalue weighted by molar-refractivity contribution is 0.0949. The van der Waals surface area contributed by atoms with E-state index in [0.717, 1.165) is 5.56 Å². The van der Waals surface area contributed by atoms with Crippen molar-refractivity contribution in [3.8, 4) is 0 Å². The van der Waals surface area contributed by atoms with Crippen LogP contribution >= 0.6 is 0 Å². The molecule has 0 aliphatic rings. The minimum Gasteiger partial charge on any atom is -0.350 e. The lowest BCUT2D eigenvalue weighted by Gasteiger charge is -2.05. The Morgan fingerprint density at radius 1 is 1.14 bits per heavy atom. The molecule has 1 aromatic carbocycles. The third-order valence-corrected chi connectivity index (χ3v) is 3.78. The highest BCUT2D eigenvalue weighted by atomic mass is 32.2. The highest BCUT2D eigenvalue weighted by Crippen LogP contribution is 2.08. The molecule has 0 radical (unpaired) electrons. The number of hydrogen-bond donors (Lipinski definition) is 2. The summed E-state index contributed by atoms with van der Waals surface area (Å²) in [5.41, 5.74) is 1.27. The molecule has 0 bridgehead atoms. The molecule has 2 aromatic rings. The number of nitrogens with two attached hydrogens (primary N) is 1. The van der Waals surface area contributed by atoms with Crippen LogP contribution in [0.3, 0.4) is 0 Å². The zero-order valence-electron chi connectivity index (χ0n) is 11.2. The Morgan fingerprint density at radius 3 is 2.43 bits per heavy atom. The zero-order valence-corrected chi connectivity index (χ0v) is 12.0. The summed E-state index contributed by atoms with van der Waals surface area (Å²) in [7, 11) is -3.67. The van der Waals surface area contributed by atoms with Gasteiger partial charge >= 0.3 is 0 Å². The van der Waals surface area contributed by atoms with Crippen molar-refractivity contribution in [2.45, 2.75) is 11.3 Å². The fourth-order valence-electron chi connectivity index (χ4n) is 1.75. The van der Waals surface area contributed by atoms with Crippen molar-refractivity contribution >= 4 is 15.9 Å². The molecule has 0 spiro atoms. The molecule has 1 aromatic heterocycles. The van der Waals surface area contributed by atoms with Gasteiger partial charge in [-0.1, -0.05) is 18.2 Å². The van der Waals surface area contributed by atoms with E-state index < -0.39 is 10.0 Å². The normalized spacial score (nSPS) is 11.1. The smallest absolute Gasteiger partial charge is 0.269 e. The van der Waals surface area contributed by atoms with Gasteiger partial charge in [0.25, 0.3) is 5.91 Å². The summed E-state index contributed by atoms with van der Waals surface area (Å²) in [5.74, 6) is -0.239. The van der Waals surface area contributed by atoms with Crippen LogP contribution in [0.15, 0.2) is 53.6 Å². The van der Waals surface area contributed by atoms with E-state index >= 15 is 0 Å². The molecule has 21 heavy (non-hydrogen) atoms. The number of nitrogens with zero attached hydrogens (tertiary/aromatic N) is 1. The van der Waals surface area contributed by atoms with Crippen LogP contribution in [0.2, 0.25) is 0 Å². The summed E-state index contributed by atoms with van der Waals surface area (Å²) in [6.45, 7) is 0.435.